The number of carbonyl (C=O) groups is 3. The van der Waals surface area contributed by atoms with Crippen molar-refractivity contribution in [1.29, 1.82) is 0 Å². The quantitative estimate of drug-likeness (QED) is 0.222. The van der Waals surface area contributed by atoms with Crippen LogP contribution in [0, 0.1) is 35.3 Å². The van der Waals surface area contributed by atoms with Crippen molar-refractivity contribution < 1.29 is 28.4 Å². The van der Waals surface area contributed by atoms with Gasteiger partial charge in [0.2, 0.25) is 5.91 Å². The second kappa shape index (κ2) is 11.9. The lowest BCUT2D eigenvalue weighted by molar-refractivity contribution is -0.605. The molecule has 0 spiro atoms. The Bertz CT molecular complexity index is 1370. The molecule has 4 aliphatic rings. The zero-order chi connectivity index (χ0) is 31.1. The number of benzene rings is 1. The number of aryl methyl sites for hydroxylation is 1. The van der Waals surface area contributed by atoms with Gasteiger partial charge in [0.05, 0.1) is 17.6 Å². The van der Waals surface area contributed by atoms with Crippen LogP contribution in [0.2, 0.25) is 0 Å². The summed E-state index contributed by atoms with van der Waals surface area (Å²) in [7, 11) is -0.636. The van der Waals surface area contributed by atoms with E-state index < -0.39 is 36.5 Å². The number of hydrogen-bond acceptors (Lipinski definition) is 6. The van der Waals surface area contributed by atoms with Crippen molar-refractivity contribution in [3.63, 3.8) is 0 Å². The smallest absolute Gasteiger partial charge is 0.481 e. The van der Waals surface area contributed by atoms with Crippen LogP contribution in [-0.4, -0.2) is 55.1 Å². The fourth-order valence-electron chi connectivity index (χ4n) is 7.14. The Morgan fingerprint density at radius 3 is 2.42 bits per heavy atom. The molecular formula is C32H43BN4O6. The summed E-state index contributed by atoms with van der Waals surface area (Å²) in [4.78, 5) is 39.8. The summed E-state index contributed by atoms with van der Waals surface area (Å²) >= 11 is 0. The van der Waals surface area contributed by atoms with E-state index in [-0.39, 0.29) is 35.5 Å². The molecule has 230 valence electrons. The Kier molecular flexibility index (Phi) is 8.60. The van der Waals surface area contributed by atoms with Crippen molar-refractivity contribution in [2.75, 3.05) is 6.54 Å². The van der Waals surface area contributed by atoms with E-state index in [0.717, 1.165) is 24.6 Å². The average molecular weight is 591 g/mol. The Morgan fingerprint density at radius 2 is 1.77 bits per heavy atom. The Morgan fingerprint density at radius 1 is 1.05 bits per heavy atom. The molecule has 10 nitrogen and oxygen atoms in total. The molecule has 1 aromatic carbocycles. The molecule has 3 saturated carbocycles. The molecule has 2 bridgehead atoms. The summed E-state index contributed by atoms with van der Waals surface area (Å²) in [6.07, 6.45) is 5.01. The van der Waals surface area contributed by atoms with Crippen LogP contribution in [0.1, 0.15) is 80.2 Å². The highest BCUT2D eigenvalue weighted by atomic mass is 16.7. The summed E-state index contributed by atoms with van der Waals surface area (Å²) < 4.78 is 13.7. The molecule has 6 atom stereocenters. The van der Waals surface area contributed by atoms with Gasteiger partial charge in [0, 0.05) is 18.2 Å². The molecule has 3 amide bonds. The third-order valence-electron chi connectivity index (χ3n) is 9.79. The number of nitrogens with zero attached hydrogens (tertiary/aromatic N) is 1. The van der Waals surface area contributed by atoms with E-state index in [2.05, 4.69) is 50.6 Å². The second-order valence-corrected chi connectivity index (χ2v) is 13.6. The Balaban J connectivity index is 1.32. The van der Waals surface area contributed by atoms with Gasteiger partial charge >= 0.3 is 7.12 Å². The van der Waals surface area contributed by atoms with Crippen LogP contribution in [0.5, 0.6) is 0 Å². The Hall–Kier alpha value is -3.44. The van der Waals surface area contributed by atoms with Crippen LogP contribution in [0.3, 0.4) is 0 Å². The molecule has 43 heavy (non-hydrogen) atoms. The fourth-order valence-corrected chi connectivity index (χ4v) is 7.14. The van der Waals surface area contributed by atoms with Crippen LogP contribution in [0.15, 0.2) is 48.8 Å². The molecule has 1 aromatic heterocycles. The normalized spacial score (nSPS) is 26.6. The van der Waals surface area contributed by atoms with Crippen LogP contribution in [0.4, 0.5) is 0 Å². The number of pyridine rings is 1. The first-order valence-corrected chi connectivity index (χ1v) is 15.3. The SMILES string of the molecule is Cc1ccc(C(=O)NC[C@H](NC(=O)c2ccc[n+]([O-])c2)C(=O)N[C@@H](CC(C)C)B2O[C@@H]3C[C@H]4C[C@@H](C4(C)C)[C@]3(C)O2)cc1. The first-order chi connectivity index (χ1) is 20.3. The van der Waals surface area contributed by atoms with Gasteiger partial charge in [0.1, 0.15) is 11.6 Å². The molecule has 1 saturated heterocycles. The molecule has 4 fully saturated rings. The maximum Gasteiger partial charge on any atom is 0.481 e. The Labute approximate surface area is 254 Å². The van der Waals surface area contributed by atoms with Crippen LogP contribution >= 0.6 is 0 Å². The van der Waals surface area contributed by atoms with Crippen LogP contribution in [-0.2, 0) is 14.1 Å². The third-order valence-corrected chi connectivity index (χ3v) is 9.79. The number of hydrogen-bond donors (Lipinski definition) is 3. The summed E-state index contributed by atoms with van der Waals surface area (Å²) in [5.41, 5.74) is 1.31. The summed E-state index contributed by atoms with van der Waals surface area (Å²) in [5, 5.41) is 20.3. The highest BCUT2D eigenvalue weighted by molar-refractivity contribution is 6.48. The van der Waals surface area contributed by atoms with E-state index >= 15 is 0 Å². The van der Waals surface area contributed by atoms with Gasteiger partial charge in [-0.2, -0.15) is 4.73 Å². The second-order valence-electron chi connectivity index (χ2n) is 13.6. The summed E-state index contributed by atoms with van der Waals surface area (Å²) in [5.74, 6) is -0.729. The lowest BCUT2D eigenvalue weighted by Crippen LogP contribution is -2.65. The predicted octanol–water partition coefficient (Wildman–Crippen LogP) is 2.96. The number of carbonyl (C=O) groups excluding carboxylic acids is 3. The highest BCUT2D eigenvalue weighted by Gasteiger charge is 2.68. The van der Waals surface area contributed by atoms with Crippen molar-refractivity contribution >= 4 is 24.8 Å². The van der Waals surface area contributed by atoms with E-state index in [1.807, 2.05) is 19.1 Å². The molecule has 6 rings (SSSR count). The molecule has 0 radical (unpaired) electrons. The van der Waals surface area contributed by atoms with Crippen molar-refractivity contribution in [1.82, 2.24) is 16.0 Å². The van der Waals surface area contributed by atoms with Gasteiger partial charge in [-0.15, -0.1) is 0 Å². The van der Waals surface area contributed by atoms with Gasteiger partial charge in [-0.25, -0.2) is 0 Å². The minimum atomic E-state index is -1.12. The number of nitrogens with one attached hydrogen (secondary N) is 3. The third kappa shape index (κ3) is 6.29. The molecule has 11 heteroatoms. The van der Waals surface area contributed by atoms with E-state index in [1.165, 1.54) is 18.3 Å². The van der Waals surface area contributed by atoms with Gasteiger partial charge in [-0.05, 0) is 74.5 Å². The number of rotatable bonds is 10. The minimum Gasteiger partial charge on any atom is -0.619 e. The van der Waals surface area contributed by atoms with Crippen molar-refractivity contribution in [3.05, 3.63) is 70.7 Å². The summed E-state index contributed by atoms with van der Waals surface area (Å²) in [6, 6.07) is 8.88. The summed E-state index contributed by atoms with van der Waals surface area (Å²) in [6.45, 7) is 12.6. The highest BCUT2D eigenvalue weighted by Crippen LogP contribution is 2.65. The molecule has 3 aliphatic carbocycles. The van der Waals surface area contributed by atoms with E-state index in [9.17, 15) is 19.6 Å². The lowest BCUT2D eigenvalue weighted by Gasteiger charge is -2.64. The van der Waals surface area contributed by atoms with E-state index in [0.29, 0.717) is 28.6 Å². The van der Waals surface area contributed by atoms with Gasteiger partial charge < -0.3 is 30.5 Å². The van der Waals surface area contributed by atoms with Gasteiger partial charge in [0.15, 0.2) is 12.4 Å². The topological polar surface area (TPSA) is 133 Å². The van der Waals surface area contributed by atoms with E-state index in [1.54, 1.807) is 12.1 Å². The van der Waals surface area contributed by atoms with E-state index in [4.69, 9.17) is 9.31 Å². The maximum absolute atomic E-state index is 13.8. The zero-order valence-corrected chi connectivity index (χ0v) is 25.9. The lowest BCUT2D eigenvalue weighted by atomic mass is 9.43. The molecule has 2 aromatic rings. The average Bonchev–Trinajstić information content (AvgIpc) is 3.32. The maximum atomic E-state index is 13.8. The van der Waals surface area contributed by atoms with Gasteiger partial charge in [-0.1, -0.05) is 45.4 Å². The molecule has 0 unspecified atom stereocenters. The molecule has 3 N–H and O–H groups in total. The molecular weight excluding hydrogens is 547 g/mol. The van der Waals surface area contributed by atoms with Crippen molar-refractivity contribution in [2.24, 2.45) is 23.2 Å². The molecule has 2 heterocycles. The van der Waals surface area contributed by atoms with Gasteiger partial charge in [0.25, 0.3) is 11.8 Å². The fraction of sp³-hybridized carbons (Fsp3) is 0.562. The minimum absolute atomic E-state index is 0.0398. The number of aromatic nitrogens is 1. The standard InChI is InChI=1S/C32H43BN4O6/c1-19(2)14-27(33-42-26-16-23-15-25(31(23,4)5)32(26,6)43-33)36-30(40)24(35-29(39)22-8-7-13-37(41)18-22)17-34-28(38)21-11-9-20(3)10-12-21/h7-13,18-19,23-27H,14-17H2,1-6H3,(H,34,38)(H,35,39)(H,36,40)/t23-,24+,25+,26-,27+,32+/m1/s1. The number of amides is 3. The first kappa shape index (κ1) is 31.0. The first-order valence-electron chi connectivity index (χ1n) is 15.3. The zero-order valence-electron chi connectivity index (χ0n) is 25.9. The molecule has 1 aliphatic heterocycles. The van der Waals surface area contributed by atoms with Gasteiger partial charge in [-0.3, -0.25) is 14.4 Å². The van der Waals surface area contributed by atoms with Crippen LogP contribution in [0.25, 0.3) is 0 Å². The predicted molar refractivity (Wildman–Crippen MR) is 162 cm³/mol. The van der Waals surface area contributed by atoms with Crippen molar-refractivity contribution in [3.8, 4) is 0 Å². The largest absolute Gasteiger partial charge is 0.619 e. The van der Waals surface area contributed by atoms with Crippen LogP contribution < -0.4 is 20.7 Å². The monoisotopic (exact) mass is 590 g/mol. The van der Waals surface area contributed by atoms with Crippen molar-refractivity contribution in [2.45, 2.75) is 84.5 Å².